The molecule has 0 atom stereocenters. The van der Waals surface area contributed by atoms with Crippen LogP contribution in [0.15, 0.2) is 78.9 Å². The molecule has 0 aliphatic carbocycles. The molecule has 0 saturated heterocycles. The number of hydrogen-bond acceptors (Lipinski definition) is 6. The van der Waals surface area contributed by atoms with Crippen molar-refractivity contribution >= 4 is 23.9 Å². The number of benzene rings is 3. The van der Waals surface area contributed by atoms with Crippen LogP contribution in [0.1, 0.15) is 70.5 Å². The lowest BCUT2D eigenvalue weighted by Crippen LogP contribution is -2.37. The lowest BCUT2D eigenvalue weighted by atomic mass is 10.0. The van der Waals surface area contributed by atoms with Gasteiger partial charge in [0.05, 0.1) is 17.7 Å². The van der Waals surface area contributed by atoms with Gasteiger partial charge in [0, 0.05) is 25.6 Å². The number of unbranched alkanes of at least 4 members (excludes halogenated alkanes) is 1. The standard InChI is InChI=1S/C32H37N3O7/c1-23(2)35(32(40)41-21-24-11-5-3-6-12-24)20-26-16-17-27(28(19-26)31(38)39)30(37)33-18-10-9-15-29(36)34-42-22-25-13-7-4-8-14-25/h3-8,11-14,16-17,19,23H,9-10,15,18,20-22H2,1-2H3,(H,33,37)(H,34,36)(H,38,39). The Labute approximate surface area is 245 Å². The van der Waals surface area contributed by atoms with Crippen molar-refractivity contribution in [1.82, 2.24) is 15.7 Å². The molecule has 3 N–H and O–H groups in total. The van der Waals surface area contributed by atoms with Gasteiger partial charge >= 0.3 is 12.1 Å². The van der Waals surface area contributed by atoms with Gasteiger partial charge in [0.1, 0.15) is 6.61 Å². The smallest absolute Gasteiger partial charge is 0.410 e. The number of aromatic carboxylic acids is 1. The highest BCUT2D eigenvalue weighted by Gasteiger charge is 2.22. The van der Waals surface area contributed by atoms with E-state index in [9.17, 15) is 24.3 Å². The largest absolute Gasteiger partial charge is 0.478 e. The zero-order chi connectivity index (χ0) is 30.3. The third-order valence-corrected chi connectivity index (χ3v) is 6.36. The fourth-order valence-corrected chi connectivity index (χ4v) is 4.05. The topological polar surface area (TPSA) is 134 Å². The van der Waals surface area contributed by atoms with Gasteiger partial charge in [-0.2, -0.15) is 0 Å². The summed E-state index contributed by atoms with van der Waals surface area (Å²) in [5, 5.41) is 12.5. The Morgan fingerprint density at radius 2 is 1.45 bits per heavy atom. The molecule has 10 nitrogen and oxygen atoms in total. The molecule has 0 heterocycles. The van der Waals surface area contributed by atoms with Crippen LogP contribution in [0.25, 0.3) is 0 Å². The summed E-state index contributed by atoms with van der Waals surface area (Å²) in [5.74, 6) is -2.05. The van der Waals surface area contributed by atoms with Gasteiger partial charge in [0.2, 0.25) is 5.91 Å². The molecule has 0 bridgehead atoms. The van der Waals surface area contributed by atoms with Crippen molar-refractivity contribution in [2.24, 2.45) is 0 Å². The number of hydrogen-bond donors (Lipinski definition) is 3. The van der Waals surface area contributed by atoms with E-state index in [1.165, 1.54) is 17.0 Å². The summed E-state index contributed by atoms with van der Waals surface area (Å²) in [5.41, 5.74) is 4.59. The number of carboxylic acid groups (broad SMARTS) is 1. The number of ether oxygens (including phenoxy) is 1. The zero-order valence-electron chi connectivity index (χ0n) is 23.9. The van der Waals surface area contributed by atoms with Gasteiger partial charge in [0.15, 0.2) is 0 Å². The Balaban J connectivity index is 1.47. The van der Waals surface area contributed by atoms with Gasteiger partial charge in [-0.3, -0.25) is 14.4 Å². The van der Waals surface area contributed by atoms with Gasteiger partial charge in [-0.05, 0) is 55.5 Å². The molecule has 0 unspecified atom stereocenters. The Hall–Kier alpha value is -4.70. The number of carbonyl (C=O) groups is 4. The molecule has 0 spiro atoms. The van der Waals surface area contributed by atoms with E-state index in [0.717, 1.165) is 11.1 Å². The second-order valence-electron chi connectivity index (χ2n) is 9.96. The van der Waals surface area contributed by atoms with Gasteiger partial charge in [0.25, 0.3) is 5.91 Å². The Bertz CT molecular complexity index is 1330. The average molecular weight is 576 g/mol. The van der Waals surface area contributed by atoms with Crippen molar-refractivity contribution in [2.75, 3.05) is 6.54 Å². The van der Waals surface area contributed by atoms with Gasteiger partial charge in [-0.15, -0.1) is 0 Å². The van der Waals surface area contributed by atoms with Crippen LogP contribution in [0.4, 0.5) is 4.79 Å². The number of hydroxylamine groups is 1. The summed E-state index contributed by atoms with van der Waals surface area (Å²) < 4.78 is 5.45. The summed E-state index contributed by atoms with van der Waals surface area (Å²) in [7, 11) is 0. The number of carbonyl (C=O) groups excluding carboxylic acids is 3. The number of carboxylic acids is 1. The molecule has 42 heavy (non-hydrogen) atoms. The summed E-state index contributed by atoms with van der Waals surface area (Å²) in [4.78, 5) is 56.1. The predicted octanol–water partition coefficient (Wildman–Crippen LogP) is 5.08. The minimum atomic E-state index is -1.25. The number of amides is 3. The maximum Gasteiger partial charge on any atom is 0.410 e. The molecule has 0 fully saturated rings. The molecule has 0 saturated carbocycles. The lowest BCUT2D eigenvalue weighted by molar-refractivity contribution is -0.134. The first-order chi connectivity index (χ1) is 20.2. The van der Waals surface area contributed by atoms with E-state index in [-0.39, 0.29) is 55.8 Å². The van der Waals surface area contributed by atoms with Crippen molar-refractivity contribution in [1.29, 1.82) is 0 Å². The molecule has 0 radical (unpaired) electrons. The van der Waals surface area contributed by atoms with Crippen LogP contribution in [0, 0.1) is 0 Å². The lowest BCUT2D eigenvalue weighted by Gasteiger charge is -2.26. The second kappa shape index (κ2) is 16.5. The second-order valence-corrected chi connectivity index (χ2v) is 9.96. The van der Waals surface area contributed by atoms with Crippen molar-refractivity contribution in [3.8, 4) is 0 Å². The van der Waals surface area contributed by atoms with Crippen LogP contribution in [0.2, 0.25) is 0 Å². The van der Waals surface area contributed by atoms with E-state index >= 15 is 0 Å². The van der Waals surface area contributed by atoms with Gasteiger partial charge in [-0.1, -0.05) is 66.7 Å². The highest BCUT2D eigenvalue weighted by molar-refractivity contribution is 6.04. The van der Waals surface area contributed by atoms with Crippen LogP contribution in [0.3, 0.4) is 0 Å². The van der Waals surface area contributed by atoms with E-state index in [2.05, 4.69) is 10.8 Å². The molecular formula is C32H37N3O7. The summed E-state index contributed by atoms with van der Waals surface area (Å²) in [6.45, 7) is 4.45. The van der Waals surface area contributed by atoms with Crippen LogP contribution in [-0.2, 0) is 34.1 Å². The molecule has 222 valence electrons. The van der Waals surface area contributed by atoms with E-state index in [1.54, 1.807) is 6.07 Å². The van der Waals surface area contributed by atoms with E-state index in [4.69, 9.17) is 9.57 Å². The zero-order valence-corrected chi connectivity index (χ0v) is 23.9. The SMILES string of the molecule is CC(C)N(Cc1ccc(C(=O)NCCCCC(=O)NOCc2ccccc2)c(C(=O)O)c1)C(=O)OCc1ccccc1. The maximum atomic E-state index is 12.8. The van der Waals surface area contributed by atoms with E-state index in [1.807, 2.05) is 74.5 Å². The average Bonchev–Trinajstić information content (AvgIpc) is 2.99. The molecule has 10 heteroatoms. The first-order valence-corrected chi connectivity index (χ1v) is 13.8. The molecule has 0 aliphatic heterocycles. The minimum absolute atomic E-state index is 0.0149. The molecule has 0 aromatic heterocycles. The van der Waals surface area contributed by atoms with E-state index < -0.39 is 18.0 Å². The Kier molecular flexibility index (Phi) is 12.5. The van der Waals surface area contributed by atoms with Crippen molar-refractivity contribution in [3.05, 3.63) is 107 Å². The first kappa shape index (κ1) is 31.8. The Morgan fingerprint density at radius 1 is 0.810 bits per heavy atom. The minimum Gasteiger partial charge on any atom is -0.478 e. The third kappa shape index (κ3) is 10.4. The highest BCUT2D eigenvalue weighted by Crippen LogP contribution is 2.17. The molecule has 3 rings (SSSR count). The van der Waals surface area contributed by atoms with Gasteiger partial charge < -0.3 is 20.1 Å². The summed E-state index contributed by atoms with van der Waals surface area (Å²) >= 11 is 0. The Morgan fingerprint density at radius 3 is 2.07 bits per heavy atom. The van der Waals surface area contributed by atoms with Crippen molar-refractivity contribution in [3.63, 3.8) is 0 Å². The van der Waals surface area contributed by atoms with Gasteiger partial charge in [-0.25, -0.2) is 15.1 Å². The molecule has 0 aliphatic rings. The third-order valence-electron chi connectivity index (χ3n) is 6.36. The van der Waals surface area contributed by atoms with Crippen LogP contribution >= 0.6 is 0 Å². The fourth-order valence-electron chi connectivity index (χ4n) is 4.05. The fraction of sp³-hybridized carbons (Fsp3) is 0.312. The number of nitrogens with zero attached hydrogens (tertiary/aromatic N) is 1. The van der Waals surface area contributed by atoms with Crippen LogP contribution in [-0.4, -0.2) is 46.5 Å². The van der Waals surface area contributed by atoms with Crippen molar-refractivity contribution in [2.45, 2.75) is 58.9 Å². The molecule has 3 aromatic carbocycles. The van der Waals surface area contributed by atoms with Crippen molar-refractivity contribution < 1.29 is 33.9 Å². The number of nitrogens with one attached hydrogen (secondary N) is 2. The number of rotatable bonds is 15. The monoisotopic (exact) mass is 575 g/mol. The van der Waals surface area contributed by atoms with Crippen LogP contribution in [0.5, 0.6) is 0 Å². The molecule has 3 amide bonds. The first-order valence-electron chi connectivity index (χ1n) is 13.8. The maximum absolute atomic E-state index is 12.8. The predicted molar refractivity (Wildman–Crippen MR) is 156 cm³/mol. The highest BCUT2D eigenvalue weighted by atomic mass is 16.6. The molecular weight excluding hydrogens is 538 g/mol. The summed E-state index contributed by atoms with van der Waals surface area (Å²) in [6, 6.07) is 23.0. The molecule has 3 aromatic rings. The normalized spacial score (nSPS) is 10.6. The van der Waals surface area contributed by atoms with E-state index in [0.29, 0.717) is 18.4 Å². The van der Waals surface area contributed by atoms with Crippen LogP contribution < -0.4 is 10.8 Å². The summed E-state index contributed by atoms with van der Waals surface area (Å²) in [6.07, 6.45) is 0.729. The quantitative estimate of drug-likeness (QED) is 0.170.